The number of nitrogens with zero attached hydrogens (tertiary/aromatic N) is 5. The fraction of sp³-hybridized carbons (Fsp3) is 0.333. The van der Waals surface area contributed by atoms with E-state index in [1.165, 1.54) is 18.3 Å². The Bertz CT molecular complexity index is 1910. The Balaban J connectivity index is 1.65. The number of pyridine rings is 3. The fourth-order valence-electron chi connectivity index (χ4n) is 5.92. The highest BCUT2D eigenvalue weighted by Crippen LogP contribution is 2.42. The maximum Gasteiger partial charge on any atom is 0.341 e. The Labute approximate surface area is 240 Å². The van der Waals surface area contributed by atoms with Crippen molar-refractivity contribution in [3.8, 4) is 11.1 Å². The lowest BCUT2D eigenvalue weighted by atomic mass is 10.0. The summed E-state index contributed by atoms with van der Waals surface area (Å²) in [6.45, 7) is 4.82. The molecule has 11 nitrogen and oxygen atoms in total. The normalized spacial score (nSPS) is 14.8. The molecule has 6 rings (SSSR count). The molecule has 12 heteroatoms. The van der Waals surface area contributed by atoms with Crippen molar-refractivity contribution >= 4 is 50.3 Å². The Morgan fingerprint density at radius 3 is 2.64 bits per heavy atom. The first-order valence-electron chi connectivity index (χ1n) is 13.8. The number of carbonyl (C=O) groups is 1. The summed E-state index contributed by atoms with van der Waals surface area (Å²) in [4.78, 5) is 42.5. The van der Waals surface area contributed by atoms with Crippen molar-refractivity contribution in [3.63, 3.8) is 0 Å². The van der Waals surface area contributed by atoms with Gasteiger partial charge in [-0.05, 0) is 39.2 Å². The molecule has 42 heavy (non-hydrogen) atoms. The van der Waals surface area contributed by atoms with E-state index in [1.807, 2.05) is 25.9 Å². The van der Waals surface area contributed by atoms with E-state index in [-0.39, 0.29) is 22.8 Å². The number of carboxylic acid groups (broad SMARTS) is 1. The molecule has 0 spiro atoms. The molecular formula is C30H32FN7O4. The average molecular weight is 574 g/mol. The van der Waals surface area contributed by atoms with Gasteiger partial charge >= 0.3 is 5.97 Å². The first kappa shape index (κ1) is 27.6. The number of aromatic carboxylic acids is 1. The second-order valence-corrected chi connectivity index (χ2v) is 10.9. The van der Waals surface area contributed by atoms with E-state index in [2.05, 4.69) is 15.2 Å². The number of H-pyrrole nitrogens is 1. The van der Waals surface area contributed by atoms with Gasteiger partial charge in [-0.3, -0.25) is 4.79 Å². The number of rotatable bonds is 7. The molecule has 1 aromatic carbocycles. The summed E-state index contributed by atoms with van der Waals surface area (Å²) in [6, 6.07) is 4.47. The second kappa shape index (κ2) is 10.7. The third-order valence-corrected chi connectivity index (χ3v) is 7.78. The van der Waals surface area contributed by atoms with Gasteiger partial charge in [-0.2, -0.15) is 0 Å². The van der Waals surface area contributed by atoms with Crippen molar-refractivity contribution < 1.29 is 19.0 Å². The molecule has 1 unspecified atom stereocenters. The number of hydrogen-bond donors (Lipinski definition) is 3. The molecule has 218 valence electrons. The third-order valence-electron chi connectivity index (χ3n) is 7.78. The Morgan fingerprint density at radius 2 is 1.95 bits per heavy atom. The number of benzene rings is 1. The summed E-state index contributed by atoms with van der Waals surface area (Å²) in [5.41, 5.74) is 3.53. The Hall–Kier alpha value is -4.55. The van der Waals surface area contributed by atoms with Gasteiger partial charge in [0.05, 0.1) is 40.9 Å². The predicted molar refractivity (Wildman–Crippen MR) is 161 cm³/mol. The van der Waals surface area contributed by atoms with Gasteiger partial charge in [0.25, 0.3) is 0 Å². The monoisotopic (exact) mass is 573 g/mol. The summed E-state index contributed by atoms with van der Waals surface area (Å²) in [5.74, 6) is -1.68. The highest BCUT2D eigenvalue weighted by atomic mass is 19.1. The number of aromatic amines is 1. The van der Waals surface area contributed by atoms with Crippen LogP contribution in [0.15, 0.2) is 41.6 Å². The zero-order chi connectivity index (χ0) is 29.7. The van der Waals surface area contributed by atoms with Crippen LogP contribution in [0.4, 0.5) is 15.8 Å². The molecule has 0 aliphatic carbocycles. The van der Waals surface area contributed by atoms with Gasteiger partial charge in [0, 0.05) is 67.8 Å². The van der Waals surface area contributed by atoms with E-state index >= 15 is 0 Å². The molecule has 1 atom stereocenters. The molecule has 0 bridgehead atoms. The maximum atomic E-state index is 14.8. The zero-order valence-corrected chi connectivity index (χ0v) is 23.9. The lowest BCUT2D eigenvalue weighted by Crippen LogP contribution is -2.36. The lowest BCUT2D eigenvalue weighted by molar-refractivity contribution is 0.0694. The Morgan fingerprint density at radius 1 is 1.19 bits per heavy atom. The smallest absolute Gasteiger partial charge is 0.341 e. The molecule has 0 amide bonds. The molecule has 4 aromatic heterocycles. The third kappa shape index (κ3) is 4.62. The van der Waals surface area contributed by atoms with Crippen molar-refractivity contribution in [2.45, 2.75) is 13.0 Å². The van der Waals surface area contributed by atoms with Gasteiger partial charge in [0.15, 0.2) is 0 Å². The number of anilines is 2. The molecule has 3 N–H and O–H groups in total. The van der Waals surface area contributed by atoms with E-state index in [0.717, 1.165) is 16.6 Å². The first-order valence-corrected chi connectivity index (χ1v) is 13.8. The van der Waals surface area contributed by atoms with Gasteiger partial charge in [-0.25, -0.2) is 19.2 Å². The summed E-state index contributed by atoms with van der Waals surface area (Å²) in [7, 11) is 5.59. The Kier molecular flexibility index (Phi) is 7.03. The number of halogens is 1. The zero-order valence-electron chi connectivity index (χ0n) is 23.9. The lowest BCUT2D eigenvalue weighted by Gasteiger charge is -2.31. The number of carboxylic acids is 1. The van der Waals surface area contributed by atoms with Crippen molar-refractivity contribution in [2.24, 2.45) is 0 Å². The van der Waals surface area contributed by atoms with Crippen LogP contribution in [0.25, 0.3) is 44.1 Å². The van der Waals surface area contributed by atoms with Crippen LogP contribution in [-0.2, 0) is 4.74 Å². The van der Waals surface area contributed by atoms with Crippen molar-refractivity contribution in [1.29, 1.82) is 0 Å². The van der Waals surface area contributed by atoms with Crippen molar-refractivity contribution in [3.05, 3.63) is 58.4 Å². The van der Waals surface area contributed by atoms with Crippen LogP contribution < -0.4 is 15.6 Å². The van der Waals surface area contributed by atoms with E-state index in [9.17, 15) is 19.1 Å². The fourth-order valence-corrected chi connectivity index (χ4v) is 5.92. The second-order valence-electron chi connectivity index (χ2n) is 10.9. The van der Waals surface area contributed by atoms with Gasteiger partial charge in [-0.15, -0.1) is 0 Å². The summed E-state index contributed by atoms with van der Waals surface area (Å²) < 4.78 is 22.2. The SMILES string of the molecule is CNc1cc(F)cc2c1[nH]c1ncc(-c3cnc4c(c3)c(=O)c(C(=O)O)cn4C(C)CN(C)C)c(N3CCOCC3)c12. The minimum Gasteiger partial charge on any atom is -0.477 e. The van der Waals surface area contributed by atoms with Gasteiger partial charge in [0.1, 0.15) is 22.7 Å². The largest absolute Gasteiger partial charge is 0.477 e. The topological polar surface area (TPSA) is 129 Å². The number of ether oxygens (including phenoxy) is 1. The number of nitrogens with one attached hydrogen (secondary N) is 2. The van der Waals surface area contributed by atoms with Gasteiger partial charge in [-0.1, -0.05) is 0 Å². The van der Waals surface area contributed by atoms with Crippen LogP contribution in [-0.4, -0.2) is 89.5 Å². The predicted octanol–water partition coefficient (Wildman–Crippen LogP) is 3.93. The van der Waals surface area contributed by atoms with Crippen LogP contribution in [0.5, 0.6) is 0 Å². The highest BCUT2D eigenvalue weighted by Gasteiger charge is 2.25. The maximum absolute atomic E-state index is 14.8. The number of fused-ring (bicyclic) bond motifs is 4. The average Bonchev–Trinajstić information content (AvgIpc) is 3.34. The summed E-state index contributed by atoms with van der Waals surface area (Å²) >= 11 is 0. The molecule has 0 radical (unpaired) electrons. The minimum atomic E-state index is -1.30. The van der Waals surface area contributed by atoms with E-state index < -0.39 is 11.4 Å². The van der Waals surface area contributed by atoms with Gasteiger partial charge in [0.2, 0.25) is 5.43 Å². The molecule has 1 saturated heterocycles. The standard InChI is InChI=1S/C30H32FN7O4/c1-16(14-36(3)4)38-15-22(30(40)41)27(39)20-9-17(12-34-29(20)38)21-13-33-28-24(26(21)37-5-7-42-8-6-37)19-10-18(31)11-23(32-2)25(19)35-28/h9-13,15-16,32H,5-8,14H2,1-4H3,(H,33,35)(H,40,41). The van der Waals surface area contributed by atoms with Crippen LogP contribution in [0, 0.1) is 5.82 Å². The van der Waals surface area contributed by atoms with Crippen molar-refractivity contribution in [2.75, 3.05) is 64.2 Å². The molecule has 1 fully saturated rings. The van der Waals surface area contributed by atoms with Crippen LogP contribution in [0.3, 0.4) is 0 Å². The molecule has 5 heterocycles. The number of morpholine rings is 1. The molecule has 0 saturated carbocycles. The van der Waals surface area contributed by atoms with Crippen LogP contribution >= 0.6 is 0 Å². The van der Waals surface area contributed by atoms with Crippen LogP contribution in [0.2, 0.25) is 0 Å². The molecule has 5 aromatic rings. The number of aromatic nitrogens is 4. The molecular weight excluding hydrogens is 541 g/mol. The summed E-state index contributed by atoms with van der Waals surface area (Å²) in [5, 5.41) is 14.5. The number of hydrogen-bond acceptors (Lipinski definition) is 8. The minimum absolute atomic E-state index is 0.149. The molecule has 1 aliphatic rings. The van der Waals surface area contributed by atoms with E-state index in [0.29, 0.717) is 66.3 Å². The van der Waals surface area contributed by atoms with Gasteiger partial charge < -0.3 is 34.5 Å². The van der Waals surface area contributed by atoms with E-state index in [4.69, 9.17) is 14.7 Å². The quantitative estimate of drug-likeness (QED) is 0.265. The van der Waals surface area contributed by atoms with Crippen molar-refractivity contribution in [1.82, 2.24) is 24.4 Å². The molecule has 1 aliphatic heterocycles. The summed E-state index contributed by atoms with van der Waals surface area (Å²) in [6.07, 6.45) is 4.78. The number of likely N-dealkylation sites (N-methyl/N-ethyl adjacent to an activating group) is 1. The van der Waals surface area contributed by atoms with Crippen LogP contribution in [0.1, 0.15) is 23.3 Å². The first-order chi connectivity index (χ1) is 20.2. The highest BCUT2D eigenvalue weighted by molar-refractivity contribution is 6.17. The van der Waals surface area contributed by atoms with E-state index in [1.54, 1.807) is 30.1 Å².